The van der Waals surface area contributed by atoms with Crippen LogP contribution in [0.2, 0.25) is 0 Å². The number of rotatable bonds is 4. The number of H-pyrrole nitrogens is 1. The fourth-order valence-corrected chi connectivity index (χ4v) is 1.61. The molecule has 17 heavy (non-hydrogen) atoms. The molecule has 2 N–H and O–H groups in total. The maximum absolute atomic E-state index is 11.8. The van der Waals surface area contributed by atoms with Crippen LogP contribution in [0.1, 0.15) is 23.7 Å². The van der Waals surface area contributed by atoms with Gasteiger partial charge in [0.05, 0.1) is 17.4 Å². The largest absolute Gasteiger partial charge is 0.352 e. The molecule has 0 radical (unpaired) electrons. The van der Waals surface area contributed by atoms with Gasteiger partial charge in [-0.3, -0.25) is 4.79 Å². The van der Waals surface area contributed by atoms with Crippen LogP contribution in [0.25, 0.3) is 11.0 Å². The quantitative estimate of drug-likeness (QED) is 0.624. The lowest BCUT2D eigenvalue weighted by Gasteiger charge is -2.03. The first-order chi connectivity index (χ1) is 8.31. The Kier molecular flexibility index (Phi) is 3.55. The topological polar surface area (TPSA) is 57.8 Å². The highest BCUT2D eigenvalue weighted by Gasteiger charge is 2.05. The molecule has 1 heterocycles. The molecule has 0 bridgehead atoms. The van der Waals surface area contributed by atoms with Crippen molar-refractivity contribution < 1.29 is 4.79 Å². The number of imidazole rings is 1. The van der Waals surface area contributed by atoms with E-state index in [0.717, 1.165) is 17.5 Å². The molecule has 88 valence electrons. The first-order valence-electron chi connectivity index (χ1n) is 5.64. The number of aromatic nitrogens is 2. The third-order valence-electron chi connectivity index (χ3n) is 2.51. The summed E-state index contributed by atoms with van der Waals surface area (Å²) in [6.07, 6.45) is 6.48. The number of allylic oxidation sites excluding steroid dienone is 1. The molecular weight excluding hydrogens is 214 g/mol. The van der Waals surface area contributed by atoms with E-state index in [1.807, 2.05) is 31.2 Å². The van der Waals surface area contributed by atoms with E-state index in [9.17, 15) is 4.79 Å². The SMILES string of the molecule is C/C=C/CCNC(=O)c1ccc2nc[nH]c2c1. The van der Waals surface area contributed by atoms with Gasteiger partial charge in [-0.05, 0) is 31.5 Å². The summed E-state index contributed by atoms with van der Waals surface area (Å²) in [5.74, 6) is -0.0500. The van der Waals surface area contributed by atoms with E-state index in [1.165, 1.54) is 0 Å². The number of fused-ring (bicyclic) bond motifs is 1. The van der Waals surface area contributed by atoms with Crippen LogP contribution in [0.5, 0.6) is 0 Å². The highest BCUT2D eigenvalue weighted by molar-refractivity contribution is 5.97. The fraction of sp³-hybridized carbons (Fsp3) is 0.231. The smallest absolute Gasteiger partial charge is 0.251 e. The monoisotopic (exact) mass is 229 g/mol. The number of carbonyl (C=O) groups excluding carboxylic acids is 1. The number of benzene rings is 1. The first-order valence-corrected chi connectivity index (χ1v) is 5.64. The summed E-state index contributed by atoms with van der Waals surface area (Å²) >= 11 is 0. The summed E-state index contributed by atoms with van der Waals surface area (Å²) in [7, 11) is 0. The van der Waals surface area contributed by atoms with Gasteiger partial charge in [-0.1, -0.05) is 12.2 Å². The summed E-state index contributed by atoms with van der Waals surface area (Å²) in [4.78, 5) is 18.9. The Balaban J connectivity index is 2.03. The van der Waals surface area contributed by atoms with Crippen molar-refractivity contribution in [3.05, 3.63) is 42.2 Å². The first kappa shape index (κ1) is 11.4. The van der Waals surface area contributed by atoms with E-state index < -0.39 is 0 Å². The van der Waals surface area contributed by atoms with Gasteiger partial charge in [-0.2, -0.15) is 0 Å². The van der Waals surface area contributed by atoms with Crippen molar-refractivity contribution in [2.75, 3.05) is 6.54 Å². The summed E-state index contributed by atoms with van der Waals surface area (Å²) in [6.45, 7) is 2.62. The van der Waals surface area contributed by atoms with Crippen molar-refractivity contribution in [3.8, 4) is 0 Å². The molecule has 1 aromatic carbocycles. The third-order valence-corrected chi connectivity index (χ3v) is 2.51. The van der Waals surface area contributed by atoms with Crippen LogP contribution in [-0.4, -0.2) is 22.4 Å². The molecule has 2 aromatic rings. The Morgan fingerprint density at radius 3 is 3.24 bits per heavy atom. The molecular formula is C13H15N3O. The van der Waals surface area contributed by atoms with Crippen molar-refractivity contribution in [2.24, 2.45) is 0 Å². The maximum atomic E-state index is 11.8. The van der Waals surface area contributed by atoms with E-state index >= 15 is 0 Å². The minimum atomic E-state index is -0.0500. The Bertz CT molecular complexity index is 542. The number of aromatic amines is 1. The number of hydrogen-bond donors (Lipinski definition) is 2. The fourth-order valence-electron chi connectivity index (χ4n) is 1.61. The van der Waals surface area contributed by atoms with Gasteiger partial charge in [0.25, 0.3) is 5.91 Å². The third kappa shape index (κ3) is 2.72. The molecule has 0 aliphatic carbocycles. The Hall–Kier alpha value is -2.10. The van der Waals surface area contributed by atoms with Crippen LogP contribution in [-0.2, 0) is 0 Å². The zero-order valence-corrected chi connectivity index (χ0v) is 9.73. The van der Waals surface area contributed by atoms with E-state index in [4.69, 9.17) is 0 Å². The molecule has 0 spiro atoms. The van der Waals surface area contributed by atoms with Gasteiger partial charge in [0, 0.05) is 12.1 Å². The predicted molar refractivity (Wildman–Crippen MR) is 67.9 cm³/mol. The number of hydrogen-bond acceptors (Lipinski definition) is 2. The Morgan fingerprint density at radius 2 is 2.41 bits per heavy atom. The lowest BCUT2D eigenvalue weighted by molar-refractivity contribution is 0.0954. The van der Waals surface area contributed by atoms with Gasteiger partial charge in [-0.25, -0.2) is 4.98 Å². The molecule has 4 heteroatoms. The Morgan fingerprint density at radius 1 is 1.53 bits per heavy atom. The molecule has 0 unspecified atom stereocenters. The van der Waals surface area contributed by atoms with Crippen molar-refractivity contribution in [3.63, 3.8) is 0 Å². The number of carbonyl (C=O) groups is 1. The number of nitrogens with one attached hydrogen (secondary N) is 2. The van der Waals surface area contributed by atoms with Gasteiger partial charge in [0.2, 0.25) is 0 Å². The lowest BCUT2D eigenvalue weighted by Crippen LogP contribution is -2.23. The predicted octanol–water partition coefficient (Wildman–Crippen LogP) is 2.26. The molecule has 1 aromatic heterocycles. The van der Waals surface area contributed by atoms with Gasteiger partial charge in [-0.15, -0.1) is 0 Å². The summed E-state index contributed by atoms with van der Waals surface area (Å²) in [5, 5.41) is 2.87. The van der Waals surface area contributed by atoms with E-state index in [0.29, 0.717) is 12.1 Å². The maximum Gasteiger partial charge on any atom is 0.251 e. The Labute approximate surface area is 99.8 Å². The normalized spacial score (nSPS) is 11.1. The zero-order valence-electron chi connectivity index (χ0n) is 9.73. The minimum Gasteiger partial charge on any atom is -0.352 e. The van der Waals surface area contributed by atoms with Crippen LogP contribution in [0.4, 0.5) is 0 Å². The van der Waals surface area contributed by atoms with Gasteiger partial charge in [0.15, 0.2) is 0 Å². The summed E-state index contributed by atoms with van der Waals surface area (Å²) in [6, 6.07) is 5.44. The average Bonchev–Trinajstić information content (AvgIpc) is 2.81. The second-order valence-corrected chi connectivity index (χ2v) is 3.75. The second-order valence-electron chi connectivity index (χ2n) is 3.75. The molecule has 4 nitrogen and oxygen atoms in total. The minimum absolute atomic E-state index is 0.0500. The molecule has 2 rings (SSSR count). The molecule has 0 atom stereocenters. The highest BCUT2D eigenvalue weighted by Crippen LogP contribution is 2.11. The van der Waals surface area contributed by atoms with Crippen LogP contribution in [0.15, 0.2) is 36.7 Å². The van der Waals surface area contributed by atoms with Crippen molar-refractivity contribution in [1.82, 2.24) is 15.3 Å². The van der Waals surface area contributed by atoms with Crippen LogP contribution < -0.4 is 5.32 Å². The van der Waals surface area contributed by atoms with Crippen molar-refractivity contribution in [1.29, 1.82) is 0 Å². The average molecular weight is 229 g/mol. The standard InChI is InChI=1S/C13H15N3O/c1-2-3-4-7-14-13(17)10-5-6-11-12(8-10)16-9-15-11/h2-3,5-6,8-9H,4,7H2,1H3,(H,14,17)(H,15,16)/b3-2+. The van der Waals surface area contributed by atoms with Crippen LogP contribution >= 0.6 is 0 Å². The van der Waals surface area contributed by atoms with Crippen LogP contribution in [0.3, 0.4) is 0 Å². The molecule has 0 fully saturated rings. The zero-order chi connectivity index (χ0) is 12.1. The molecule has 0 aliphatic heterocycles. The summed E-state index contributed by atoms with van der Waals surface area (Å²) in [5.41, 5.74) is 2.41. The molecule has 0 saturated carbocycles. The van der Waals surface area contributed by atoms with Crippen molar-refractivity contribution in [2.45, 2.75) is 13.3 Å². The van der Waals surface area contributed by atoms with Gasteiger partial charge >= 0.3 is 0 Å². The molecule has 0 saturated heterocycles. The second kappa shape index (κ2) is 5.30. The highest BCUT2D eigenvalue weighted by atomic mass is 16.1. The van der Waals surface area contributed by atoms with Crippen molar-refractivity contribution >= 4 is 16.9 Å². The van der Waals surface area contributed by atoms with E-state index in [2.05, 4.69) is 15.3 Å². The lowest BCUT2D eigenvalue weighted by atomic mass is 10.2. The van der Waals surface area contributed by atoms with Crippen LogP contribution in [0, 0.1) is 0 Å². The summed E-state index contributed by atoms with van der Waals surface area (Å²) < 4.78 is 0. The molecule has 0 aliphatic rings. The number of nitrogens with zero attached hydrogens (tertiary/aromatic N) is 1. The van der Waals surface area contributed by atoms with E-state index in [-0.39, 0.29) is 5.91 Å². The number of amides is 1. The van der Waals surface area contributed by atoms with Gasteiger partial charge in [0.1, 0.15) is 0 Å². The van der Waals surface area contributed by atoms with Gasteiger partial charge < -0.3 is 10.3 Å². The molecule has 1 amide bonds. The van der Waals surface area contributed by atoms with E-state index in [1.54, 1.807) is 12.4 Å².